The van der Waals surface area contributed by atoms with Crippen molar-refractivity contribution in [1.82, 2.24) is 15.3 Å². The van der Waals surface area contributed by atoms with Gasteiger partial charge in [0.15, 0.2) is 11.5 Å². The summed E-state index contributed by atoms with van der Waals surface area (Å²) in [4.78, 5) is 8.54. The molecular weight excluding hydrogens is 397 g/mol. The van der Waals surface area contributed by atoms with Gasteiger partial charge in [-0.05, 0) is 62.7 Å². The highest BCUT2D eigenvalue weighted by atomic mass is 35.5. The molecule has 1 saturated heterocycles. The molecule has 5 nitrogen and oxygen atoms in total. The van der Waals surface area contributed by atoms with Gasteiger partial charge in [0.2, 0.25) is 0 Å². The third kappa shape index (κ3) is 4.07. The van der Waals surface area contributed by atoms with Crippen molar-refractivity contribution >= 4 is 35.8 Å². The number of halogens is 2. The Morgan fingerprint density at radius 1 is 0.964 bits per heavy atom. The molecule has 7 heteroatoms. The van der Waals surface area contributed by atoms with Gasteiger partial charge < -0.3 is 19.8 Å². The first kappa shape index (κ1) is 22.3. The van der Waals surface area contributed by atoms with Crippen molar-refractivity contribution in [2.75, 3.05) is 27.3 Å². The van der Waals surface area contributed by atoms with E-state index in [1.165, 1.54) is 5.69 Å². The number of nitrogens with zero attached hydrogens (tertiary/aromatic N) is 1. The van der Waals surface area contributed by atoms with Crippen LogP contribution in [0.15, 0.2) is 30.3 Å². The second kappa shape index (κ2) is 9.50. The first-order valence-electron chi connectivity index (χ1n) is 9.13. The second-order valence-electron chi connectivity index (χ2n) is 6.85. The van der Waals surface area contributed by atoms with Crippen molar-refractivity contribution in [2.45, 2.75) is 25.7 Å². The Hall–Kier alpha value is -1.95. The van der Waals surface area contributed by atoms with E-state index in [-0.39, 0.29) is 24.8 Å². The minimum absolute atomic E-state index is 0. The summed E-state index contributed by atoms with van der Waals surface area (Å²) in [6.45, 7) is 4.23. The molecule has 0 radical (unpaired) electrons. The van der Waals surface area contributed by atoms with Gasteiger partial charge in [-0.3, -0.25) is 4.98 Å². The molecule has 0 aliphatic carbocycles. The van der Waals surface area contributed by atoms with Crippen LogP contribution in [-0.4, -0.2) is 37.3 Å². The van der Waals surface area contributed by atoms with Crippen molar-refractivity contribution in [3.05, 3.63) is 41.7 Å². The third-order valence-corrected chi connectivity index (χ3v) is 5.28. The number of aromatic amines is 1. The van der Waals surface area contributed by atoms with E-state index in [0.717, 1.165) is 65.3 Å². The van der Waals surface area contributed by atoms with E-state index in [9.17, 15) is 0 Å². The van der Waals surface area contributed by atoms with E-state index >= 15 is 0 Å². The fraction of sp³-hybridized carbons (Fsp3) is 0.381. The van der Waals surface area contributed by atoms with Crippen molar-refractivity contribution in [1.29, 1.82) is 0 Å². The van der Waals surface area contributed by atoms with E-state index in [2.05, 4.69) is 35.4 Å². The number of benzene rings is 1. The lowest BCUT2D eigenvalue weighted by molar-refractivity contribution is 0.355. The molecule has 1 aliphatic heterocycles. The van der Waals surface area contributed by atoms with Crippen LogP contribution in [-0.2, 0) is 0 Å². The Morgan fingerprint density at radius 2 is 1.68 bits per heavy atom. The number of hydrogen-bond acceptors (Lipinski definition) is 4. The molecule has 1 fully saturated rings. The molecule has 152 valence electrons. The standard InChI is InChI=1S/C21H25N3O2.2ClH/c1-13-20(15-4-7-18(25-2)19(12-15)26-3)21-17(23-13)6-5-16(24-21)14-8-10-22-11-9-14;;/h4-7,12,14,22-23H,8-11H2,1-3H3;2*1H. The number of H-pyrrole nitrogens is 1. The molecule has 0 unspecified atom stereocenters. The second-order valence-corrected chi connectivity index (χ2v) is 6.85. The Kier molecular flexibility index (Phi) is 7.58. The van der Waals surface area contributed by atoms with Crippen LogP contribution in [0.4, 0.5) is 0 Å². The number of rotatable bonds is 4. The van der Waals surface area contributed by atoms with Crippen LogP contribution in [0.2, 0.25) is 0 Å². The highest BCUT2D eigenvalue weighted by Crippen LogP contribution is 2.37. The van der Waals surface area contributed by atoms with Crippen LogP contribution < -0.4 is 14.8 Å². The van der Waals surface area contributed by atoms with Crippen LogP contribution in [0.5, 0.6) is 11.5 Å². The first-order chi connectivity index (χ1) is 12.7. The number of fused-ring (bicyclic) bond motifs is 1. The molecule has 28 heavy (non-hydrogen) atoms. The summed E-state index contributed by atoms with van der Waals surface area (Å²) in [5.74, 6) is 2.00. The molecular formula is C21H27Cl2N3O2. The number of piperidine rings is 1. The molecule has 2 N–H and O–H groups in total. The molecule has 3 aromatic rings. The van der Waals surface area contributed by atoms with Gasteiger partial charge in [-0.1, -0.05) is 6.07 Å². The zero-order valence-electron chi connectivity index (χ0n) is 16.4. The maximum atomic E-state index is 5.48. The van der Waals surface area contributed by atoms with Crippen molar-refractivity contribution in [3.63, 3.8) is 0 Å². The largest absolute Gasteiger partial charge is 0.493 e. The van der Waals surface area contributed by atoms with Crippen LogP contribution in [0, 0.1) is 6.92 Å². The van der Waals surface area contributed by atoms with E-state index in [1.54, 1.807) is 14.2 Å². The number of ether oxygens (including phenoxy) is 2. The maximum absolute atomic E-state index is 5.48. The minimum atomic E-state index is 0. The molecule has 4 rings (SSSR count). The Balaban J connectivity index is 0.00000140. The summed E-state index contributed by atoms with van der Waals surface area (Å²) in [5, 5.41) is 3.43. The van der Waals surface area contributed by atoms with E-state index in [4.69, 9.17) is 14.5 Å². The normalized spacial score (nSPS) is 14.2. The fourth-order valence-electron chi connectivity index (χ4n) is 3.90. The number of methoxy groups -OCH3 is 2. The van der Waals surface area contributed by atoms with Crippen molar-refractivity contribution in [2.24, 2.45) is 0 Å². The molecule has 0 bridgehead atoms. The van der Waals surface area contributed by atoms with Gasteiger partial charge in [-0.15, -0.1) is 24.8 Å². The zero-order chi connectivity index (χ0) is 18.1. The van der Waals surface area contributed by atoms with Crippen molar-refractivity contribution < 1.29 is 9.47 Å². The molecule has 0 spiro atoms. The van der Waals surface area contributed by atoms with Gasteiger partial charge in [-0.2, -0.15) is 0 Å². The first-order valence-corrected chi connectivity index (χ1v) is 9.13. The van der Waals surface area contributed by atoms with Gasteiger partial charge in [0.25, 0.3) is 0 Å². The van der Waals surface area contributed by atoms with Crippen LogP contribution in [0.25, 0.3) is 22.2 Å². The summed E-state index contributed by atoms with van der Waals surface area (Å²) in [5.41, 5.74) is 6.63. The Bertz CT molecular complexity index is 937. The summed E-state index contributed by atoms with van der Waals surface area (Å²) >= 11 is 0. The highest BCUT2D eigenvalue weighted by Gasteiger charge is 2.19. The van der Waals surface area contributed by atoms with Gasteiger partial charge in [0, 0.05) is 22.9 Å². The number of aromatic nitrogens is 2. The van der Waals surface area contributed by atoms with E-state index in [0.29, 0.717) is 5.92 Å². The van der Waals surface area contributed by atoms with Crippen LogP contribution >= 0.6 is 24.8 Å². The maximum Gasteiger partial charge on any atom is 0.161 e. The predicted octanol–water partition coefficient (Wildman–Crippen LogP) is 4.87. The SMILES string of the molecule is COc1ccc(-c2c(C)[nH]c3ccc(C4CCNCC4)nc23)cc1OC.Cl.Cl. The minimum Gasteiger partial charge on any atom is -0.493 e. The van der Waals surface area contributed by atoms with Gasteiger partial charge in [-0.25, -0.2) is 0 Å². The molecule has 0 amide bonds. The van der Waals surface area contributed by atoms with Gasteiger partial charge >= 0.3 is 0 Å². The molecule has 0 saturated carbocycles. The third-order valence-electron chi connectivity index (χ3n) is 5.28. The number of hydrogen-bond donors (Lipinski definition) is 2. The Labute approximate surface area is 178 Å². The lowest BCUT2D eigenvalue weighted by Gasteiger charge is -2.22. The highest BCUT2D eigenvalue weighted by molar-refractivity contribution is 5.95. The summed E-state index contributed by atoms with van der Waals surface area (Å²) in [7, 11) is 3.32. The average Bonchev–Trinajstić information content (AvgIpc) is 3.03. The quantitative estimate of drug-likeness (QED) is 0.628. The van der Waals surface area contributed by atoms with Crippen molar-refractivity contribution in [3.8, 4) is 22.6 Å². The lowest BCUT2D eigenvalue weighted by atomic mass is 9.94. The Morgan fingerprint density at radius 3 is 2.36 bits per heavy atom. The lowest BCUT2D eigenvalue weighted by Crippen LogP contribution is -2.27. The molecule has 1 aromatic carbocycles. The topological polar surface area (TPSA) is 59.2 Å². The van der Waals surface area contributed by atoms with Crippen LogP contribution in [0.3, 0.4) is 0 Å². The van der Waals surface area contributed by atoms with Crippen LogP contribution in [0.1, 0.15) is 30.1 Å². The van der Waals surface area contributed by atoms with Gasteiger partial charge in [0.1, 0.15) is 0 Å². The molecule has 3 heterocycles. The fourth-order valence-corrected chi connectivity index (χ4v) is 3.90. The van der Waals surface area contributed by atoms with E-state index < -0.39 is 0 Å². The smallest absolute Gasteiger partial charge is 0.161 e. The summed E-state index contributed by atoms with van der Waals surface area (Å²) in [6, 6.07) is 10.4. The zero-order valence-corrected chi connectivity index (χ0v) is 18.0. The number of pyridine rings is 1. The monoisotopic (exact) mass is 423 g/mol. The molecule has 0 atom stereocenters. The summed E-state index contributed by atoms with van der Waals surface area (Å²) < 4.78 is 10.9. The van der Waals surface area contributed by atoms with E-state index in [1.807, 2.05) is 12.1 Å². The molecule has 2 aromatic heterocycles. The predicted molar refractivity (Wildman–Crippen MR) is 119 cm³/mol. The number of nitrogens with one attached hydrogen (secondary N) is 2. The molecule has 1 aliphatic rings. The van der Waals surface area contributed by atoms with Gasteiger partial charge in [0.05, 0.1) is 25.3 Å². The number of aryl methyl sites for hydroxylation is 1. The summed E-state index contributed by atoms with van der Waals surface area (Å²) in [6.07, 6.45) is 2.29. The average molecular weight is 424 g/mol.